The van der Waals surface area contributed by atoms with Gasteiger partial charge >= 0.3 is 6.01 Å². The van der Waals surface area contributed by atoms with E-state index in [1.54, 1.807) is 19.2 Å². The number of ether oxygens (including phenoxy) is 2. The van der Waals surface area contributed by atoms with E-state index in [0.29, 0.717) is 11.3 Å². The summed E-state index contributed by atoms with van der Waals surface area (Å²) in [6.07, 6.45) is 0. The molecule has 0 bridgehead atoms. The summed E-state index contributed by atoms with van der Waals surface area (Å²) >= 11 is 0. The first-order valence-corrected chi connectivity index (χ1v) is 5.56. The summed E-state index contributed by atoms with van der Waals surface area (Å²) < 4.78 is 9.98. The van der Waals surface area contributed by atoms with Crippen LogP contribution in [-0.4, -0.2) is 35.3 Å². The predicted octanol–water partition coefficient (Wildman–Crippen LogP) is 1.38. The van der Waals surface area contributed by atoms with Gasteiger partial charge in [0.25, 0.3) is 5.91 Å². The zero-order chi connectivity index (χ0) is 13.8. The summed E-state index contributed by atoms with van der Waals surface area (Å²) in [5, 5.41) is 8.86. The van der Waals surface area contributed by atoms with Crippen LogP contribution >= 0.6 is 0 Å². The maximum atomic E-state index is 12.0. The average molecular weight is 262 g/mol. The van der Waals surface area contributed by atoms with Gasteiger partial charge in [0.1, 0.15) is 5.75 Å². The van der Waals surface area contributed by atoms with Crippen LogP contribution in [-0.2, 0) is 0 Å². The van der Waals surface area contributed by atoms with Crippen molar-refractivity contribution in [2.24, 2.45) is 0 Å². The number of aromatic nitrogens is 3. The molecule has 19 heavy (non-hydrogen) atoms. The summed E-state index contributed by atoms with van der Waals surface area (Å²) in [4.78, 5) is 15.9. The van der Waals surface area contributed by atoms with Gasteiger partial charge in [0.05, 0.1) is 14.2 Å². The number of rotatable bonds is 4. The number of H-pyrrole nitrogens is 1. The van der Waals surface area contributed by atoms with Gasteiger partial charge in [-0.05, 0) is 24.6 Å². The van der Waals surface area contributed by atoms with Gasteiger partial charge in [-0.3, -0.25) is 10.1 Å². The minimum absolute atomic E-state index is 0.164. The molecule has 100 valence electrons. The van der Waals surface area contributed by atoms with Gasteiger partial charge in [0, 0.05) is 5.56 Å². The molecule has 2 aromatic rings. The van der Waals surface area contributed by atoms with Crippen LogP contribution in [0.3, 0.4) is 0 Å². The number of benzene rings is 1. The predicted molar refractivity (Wildman–Crippen MR) is 68.6 cm³/mol. The Bertz CT molecular complexity index is 594. The van der Waals surface area contributed by atoms with Crippen molar-refractivity contribution < 1.29 is 14.3 Å². The highest BCUT2D eigenvalue weighted by molar-refractivity contribution is 6.03. The number of carbonyl (C=O) groups excluding carboxylic acids is 1. The second kappa shape index (κ2) is 5.38. The lowest BCUT2D eigenvalue weighted by atomic mass is 10.1. The molecule has 0 unspecified atom stereocenters. The second-order valence-corrected chi connectivity index (χ2v) is 3.81. The molecule has 0 aliphatic rings. The van der Waals surface area contributed by atoms with Crippen LogP contribution in [0.4, 0.5) is 5.95 Å². The number of hydrogen-bond donors (Lipinski definition) is 2. The summed E-state index contributed by atoms with van der Waals surface area (Å²) in [6.45, 7) is 1.90. The van der Waals surface area contributed by atoms with Crippen LogP contribution in [0.15, 0.2) is 18.2 Å². The van der Waals surface area contributed by atoms with Crippen LogP contribution in [0.25, 0.3) is 0 Å². The highest BCUT2D eigenvalue weighted by atomic mass is 16.5. The van der Waals surface area contributed by atoms with E-state index in [0.717, 1.165) is 5.56 Å². The van der Waals surface area contributed by atoms with Crippen molar-refractivity contribution >= 4 is 11.9 Å². The standard InChI is InChI=1S/C12H14N4O3/c1-7-4-5-8(6-9(7)18-2)10(17)13-11-14-12(19-3)16-15-11/h4-6H,1-3H3,(H2,13,14,15,16,17). The first-order valence-electron chi connectivity index (χ1n) is 5.56. The molecule has 1 amide bonds. The fourth-order valence-electron chi connectivity index (χ4n) is 1.53. The monoisotopic (exact) mass is 262 g/mol. The minimum Gasteiger partial charge on any atom is -0.496 e. The number of aryl methyl sites for hydroxylation is 1. The average Bonchev–Trinajstić information content (AvgIpc) is 2.86. The number of amides is 1. The Kier molecular flexibility index (Phi) is 3.65. The molecule has 0 saturated heterocycles. The Morgan fingerprint density at radius 2 is 2.11 bits per heavy atom. The van der Waals surface area contributed by atoms with E-state index in [4.69, 9.17) is 9.47 Å². The Balaban J connectivity index is 2.15. The fourth-order valence-corrected chi connectivity index (χ4v) is 1.53. The lowest BCUT2D eigenvalue weighted by Crippen LogP contribution is -2.13. The molecular formula is C12H14N4O3. The molecule has 0 fully saturated rings. The smallest absolute Gasteiger partial charge is 0.336 e. The van der Waals surface area contributed by atoms with E-state index in [1.807, 2.05) is 13.0 Å². The van der Waals surface area contributed by atoms with Gasteiger partial charge in [-0.2, -0.15) is 4.98 Å². The lowest BCUT2D eigenvalue weighted by molar-refractivity contribution is 0.102. The number of nitrogens with one attached hydrogen (secondary N) is 2. The Hall–Kier alpha value is -2.57. The van der Waals surface area contributed by atoms with Crippen molar-refractivity contribution in [2.75, 3.05) is 19.5 Å². The van der Waals surface area contributed by atoms with Crippen LogP contribution in [0.5, 0.6) is 11.8 Å². The van der Waals surface area contributed by atoms with Crippen molar-refractivity contribution in [2.45, 2.75) is 6.92 Å². The topological polar surface area (TPSA) is 89.1 Å². The molecule has 0 spiro atoms. The molecule has 0 aliphatic carbocycles. The maximum absolute atomic E-state index is 12.0. The number of anilines is 1. The molecule has 1 aromatic heterocycles. The van der Waals surface area contributed by atoms with E-state index < -0.39 is 0 Å². The molecule has 7 heteroatoms. The summed E-state index contributed by atoms with van der Waals surface area (Å²) in [5.41, 5.74) is 1.43. The molecule has 0 saturated carbocycles. The fraction of sp³-hybridized carbons (Fsp3) is 0.250. The van der Waals surface area contributed by atoms with E-state index >= 15 is 0 Å². The zero-order valence-corrected chi connectivity index (χ0v) is 10.9. The van der Waals surface area contributed by atoms with E-state index in [2.05, 4.69) is 20.5 Å². The lowest BCUT2D eigenvalue weighted by Gasteiger charge is -2.07. The number of nitrogens with zero attached hydrogens (tertiary/aromatic N) is 2. The third-order valence-electron chi connectivity index (χ3n) is 2.55. The first kappa shape index (κ1) is 12.9. The molecular weight excluding hydrogens is 248 g/mol. The quantitative estimate of drug-likeness (QED) is 0.869. The van der Waals surface area contributed by atoms with E-state index in [1.165, 1.54) is 7.11 Å². The van der Waals surface area contributed by atoms with Crippen molar-refractivity contribution in [1.29, 1.82) is 0 Å². The Morgan fingerprint density at radius 3 is 2.74 bits per heavy atom. The molecule has 1 heterocycles. The molecule has 0 aliphatic heterocycles. The SMILES string of the molecule is COc1n[nH]c(NC(=O)c2ccc(C)c(OC)c2)n1. The molecule has 2 N–H and O–H groups in total. The highest BCUT2D eigenvalue weighted by Gasteiger charge is 2.11. The summed E-state index contributed by atoms with van der Waals surface area (Å²) in [6, 6.07) is 5.35. The number of methoxy groups -OCH3 is 2. The zero-order valence-electron chi connectivity index (χ0n) is 10.9. The number of aromatic amines is 1. The molecule has 0 radical (unpaired) electrons. The van der Waals surface area contributed by atoms with Gasteiger partial charge in [-0.25, -0.2) is 5.10 Å². The van der Waals surface area contributed by atoms with E-state index in [9.17, 15) is 4.79 Å². The van der Waals surface area contributed by atoms with Gasteiger partial charge in [0.2, 0.25) is 5.95 Å². The largest absolute Gasteiger partial charge is 0.496 e. The number of hydrogen-bond acceptors (Lipinski definition) is 5. The van der Waals surface area contributed by atoms with Crippen molar-refractivity contribution in [3.8, 4) is 11.8 Å². The third-order valence-corrected chi connectivity index (χ3v) is 2.55. The minimum atomic E-state index is -0.308. The van der Waals surface area contributed by atoms with Gasteiger partial charge < -0.3 is 9.47 Å². The van der Waals surface area contributed by atoms with Crippen LogP contribution < -0.4 is 14.8 Å². The van der Waals surface area contributed by atoms with Gasteiger partial charge in [0.15, 0.2) is 0 Å². The van der Waals surface area contributed by atoms with Crippen molar-refractivity contribution in [3.63, 3.8) is 0 Å². The van der Waals surface area contributed by atoms with Crippen LogP contribution in [0.1, 0.15) is 15.9 Å². The van der Waals surface area contributed by atoms with Gasteiger partial charge in [-0.15, -0.1) is 5.10 Å². The Morgan fingerprint density at radius 1 is 1.32 bits per heavy atom. The third kappa shape index (κ3) is 2.82. The van der Waals surface area contributed by atoms with Gasteiger partial charge in [-0.1, -0.05) is 6.07 Å². The maximum Gasteiger partial charge on any atom is 0.336 e. The number of carbonyl (C=O) groups is 1. The van der Waals surface area contributed by atoms with E-state index in [-0.39, 0.29) is 17.9 Å². The summed E-state index contributed by atoms with van der Waals surface area (Å²) in [7, 11) is 3.00. The molecule has 1 aromatic carbocycles. The molecule has 2 rings (SSSR count). The second-order valence-electron chi connectivity index (χ2n) is 3.81. The van der Waals surface area contributed by atoms with Crippen LogP contribution in [0.2, 0.25) is 0 Å². The summed E-state index contributed by atoms with van der Waals surface area (Å²) in [5.74, 6) is 0.571. The normalized spacial score (nSPS) is 10.1. The Labute approximate surface area is 110 Å². The highest BCUT2D eigenvalue weighted by Crippen LogP contribution is 2.19. The van der Waals surface area contributed by atoms with Crippen molar-refractivity contribution in [1.82, 2.24) is 15.2 Å². The van der Waals surface area contributed by atoms with Crippen LogP contribution in [0, 0.1) is 6.92 Å². The first-order chi connectivity index (χ1) is 9.13. The molecule has 0 atom stereocenters. The molecule has 7 nitrogen and oxygen atoms in total. The van der Waals surface area contributed by atoms with Crippen molar-refractivity contribution in [3.05, 3.63) is 29.3 Å².